The number of nitrogens with two attached hydrogens (primary N) is 1. The summed E-state index contributed by atoms with van der Waals surface area (Å²) in [7, 11) is 0. The minimum atomic E-state index is -1.09. The second-order valence-corrected chi connectivity index (χ2v) is 3.09. The Morgan fingerprint density at radius 3 is 2.54 bits per heavy atom. The van der Waals surface area contributed by atoms with Crippen molar-refractivity contribution >= 4 is 0 Å². The van der Waals surface area contributed by atoms with Crippen molar-refractivity contribution in [1.29, 1.82) is 0 Å². The standard InChI is InChI=1S/C11H13NO/c1-11(13,9-12)8-7-10-5-3-2-4-6-10/h2-6,13H,9,12H2,1H3. The molecular weight excluding hydrogens is 162 g/mol. The first-order chi connectivity index (χ1) is 6.14. The number of aliphatic hydroxyl groups is 1. The predicted octanol–water partition coefficient (Wildman–Crippen LogP) is 0.748. The Labute approximate surface area is 78.4 Å². The molecule has 2 heteroatoms. The normalized spacial score (nSPS) is 14.1. The second-order valence-electron chi connectivity index (χ2n) is 3.09. The van der Waals surface area contributed by atoms with E-state index in [1.54, 1.807) is 6.92 Å². The smallest absolute Gasteiger partial charge is 0.135 e. The van der Waals surface area contributed by atoms with Gasteiger partial charge in [0.05, 0.1) is 0 Å². The highest BCUT2D eigenvalue weighted by molar-refractivity contribution is 5.35. The molecule has 68 valence electrons. The SMILES string of the molecule is CC(O)(C#Cc1ccccc1)CN. The quantitative estimate of drug-likeness (QED) is 0.619. The van der Waals surface area contributed by atoms with Crippen LogP contribution in [0.5, 0.6) is 0 Å². The van der Waals surface area contributed by atoms with E-state index < -0.39 is 5.60 Å². The van der Waals surface area contributed by atoms with Crippen LogP contribution in [0, 0.1) is 11.8 Å². The van der Waals surface area contributed by atoms with E-state index in [0.29, 0.717) is 0 Å². The highest BCUT2D eigenvalue weighted by Gasteiger charge is 2.12. The van der Waals surface area contributed by atoms with E-state index in [2.05, 4.69) is 11.8 Å². The first-order valence-electron chi connectivity index (χ1n) is 4.15. The van der Waals surface area contributed by atoms with Gasteiger partial charge in [-0.05, 0) is 19.1 Å². The van der Waals surface area contributed by atoms with E-state index in [0.717, 1.165) is 5.56 Å². The summed E-state index contributed by atoms with van der Waals surface area (Å²) in [4.78, 5) is 0. The predicted molar refractivity (Wildman–Crippen MR) is 53.0 cm³/mol. The summed E-state index contributed by atoms with van der Waals surface area (Å²) in [6.07, 6.45) is 0. The van der Waals surface area contributed by atoms with Crippen molar-refractivity contribution < 1.29 is 5.11 Å². The van der Waals surface area contributed by atoms with E-state index in [4.69, 9.17) is 5.73 Å². The monoisotopic (exact) mass is 175 g/mol. The molecule has 0 spiro atoms. The van der Waals surface area contributed by atoms with Gasteiger partial charge in [0.2, 0.25) is 0 Å². The van der Waals surface area contributed by atoms with E-state index >= 15 is 0 Å². The fraction of sp³-hybridized carbons (Fsp3) is 0.273. The van der Waals surface area contributed by atoms with Crippen molar-refractivity contribution in [3.05, 3.63) is 35.9 Å². The Morgan fingerprint density at radius 2 is 2.00 bits per heavy atom. The summed E-state index contributed by atoms with van der Waals surface area (Å²) in [6, 6.07) is 9.51. The number of hydrogen-bond acceptors (Lipinski definition) is 2. The highest BCUT2D eigenvalue weighted by Crippen LogP contribution is 2.00. The summed E-state index contributed by atoms with van der Waals surface area (Å²) >= 11 is 0. The maximum Gasteiger partial charge on any atom is 0.135 e. The van der Waals surface area contributed by atoms with Crippen molar-refractivity contribution in [2.75, 3.05) is 6.54 Å². The van der Waals surface area contributed by atoms with Crippen LogP contribution in [0.4, 0.5) is 0 Å². The molecule has 0 aliphatic carbocycles. The molecule has 2 nitrogen and oxygen atoms in total. The largest absolute Gasteiger partial charge is 0.377 e. The van der Waals surface area contributed by atoms with E-state index in [1.807, 2.05) is 30.3 Å². The van der Waals surface area contributed by atoms with Gasteiger partial charge < -0.3 is 10.8 Å². The summed E-state index contributed by atoms with van der Waals surface area (Å²) < 4.78 is 0. The molecular formula is C11H13NO. The lowest BCUT2D eigenvalue weighted by atomic mass is 10.1. The third kappa shape index (κ3) is 3.29. The van der Waals surface area contributed by atoms with Crippen molar-refractivity contribution in [2.45, 2.75) is 12.5 Å². The highest BCUT2D eigenvalue weighted by atomic mass is 16.3. The van der Waals surface area contributed by atoms with Gasteiger partial charge in [0.25, 0.3) is 0 Å². The lowest BCUT2D eigenvalue weighted by Crippen LogP contribution is -2.32. The number of hydrogen-bond donors (Lipinski definition) is 2. The lowest BCUT2D eigenvalue weighted by molar-refractivity contribution is 0.131. The Balaban J connectivity index is 2.79. The third-order valence-corrected chi connectivity index (χ3v) is 1.65. The molecule has 1 rings (SSSR count). The van der Waals surface area contributed by atoms with Gasteiger partial charge in [-0.2, -0.15) is 0 Å². The van der Waals surface area contributed by atoms with Crippen LogP contribution in [0.3, 0.4) is 0 Å². The van der Waals surface area contributed by atoms with Gasteiger partial charge >= 0.3 is 0 Å². The van der Waals surface area contributed by atoms with Gasteiger partial charge in [-0.25, -0.2) is 0 Å². The summed E-state index contributed by atoms with van der Waals surface area (Å²) in [6.45, 7) is 1.75. The molecule has 0 aliphatic heterocycles. The number of benzene rings is 1. The van der Waals surface area contributed by atoms with Crippen LogP contribution in [-0.2, 0) is 0 Å². The van der Waals surface area contributed by atoms with Gasteiger partial charge in [0, 0.05) is 12.1 Å². The molecule has 0 saturated heterocycles. The first kappa shape index (κ1) is 9.79. The Kier molecular flexibility index (Phi) is 3.07. The summed E-state index contributed by atoms with van der Waals surface area (Å²) in [5.74, 6) is 5.56. The van der Waals surface area contributed by atoms with Gasteiger partial charge in [0.15, 0.2) is 0 Å². The first-order valence-corrected chi connectivity index (χ1v) is 4.15. The molecule has 0 bridgehead atoms. The van der Waals surface area contributed by atoms with Crippen LogP contribution in [0.25, 0.3) is 0 Å². The van der Waals surface area contributed by atoms with Crippen LogP contribution in [0.2, 0.25) is 0 Å². The van der Waals surface area contributed by atoms with Crippen molar-refractivity contribution in [3.63, 3.8) is 0 Å². The molecule has 1 aromatic carbocycles. The van der Waals surface area contributed by atoms with Crippen molar-refractivity contribution in [1.82, 2.24) is 0 Å². The third-order valence-electron chi connectivity index (χ3n) is 1.65. The Bertz CT molecular complexity index is 319. The van der Waals surface area contributed by atoms with Crippen LogP contribution in [0.15, 0.2) is 30.3 Å². The summed E-state index contributed by atoms with van der Waals surface area (Å²) in [5, 5.41) is 9.49. The molecule has 0 aromatic heterocycles. The van der Waals surface area contributed by atoms with Crippen molar-refractivity contribution in [2.24, 2.45) is 5.73 Å². The lowest BCUT2D eigenvalue weighted by Gasteiger charge is -2.11. The maximum atomic E-state index is 9.49. The van der Waals surface area contributed by atoms with E-state index in [-0.39, 0.29) is 6.54 Å². The molecule has 13 heavy (non-hydrogen) atoms. The van der Waals surface area contributed by atoms with Crippen LogP contribution in [-0.4, -0.2) is 17.3 Å². The van der Waals surface area contributed by atoms with Gasteiger partial charge in [-0.15, -0.1) is 0 Å². The summed E-state index contributed by atoms with van der Waals surface area (Å²) in [5.41, 5.74) is 5.12. The van der Waals surface area contributed by atoms with Crippen LogP contribution >= 0.6 is 0 Å². The van der Waals surface area contributed by atoms with Crippen LogP contribution in [0.1, 0.15) is 12.5 Å². The van der Waals surface area contributed by atoms with E-state index in [1.165, 1.54) is 0 Å². The number of rotatable bonds is 1. The topological polar surface area (TPSA) is 46.2 Å². The van der Waals surface area contributed by atoms with Gasteiger partial charge in [0.1, 0.15) is 5.60 Å². The average Bonchev–Trinajstić information content (AvgIpc) is 2.17. The molecule has 1 unspecified atom stereocenters. The van der Waals surface area contributed by atoms with E-state index in [9.17, 15) is 5.11 Å². The molecule has 1 aromatic rings. The molecule has 0 heterocycles. The van der Waals surface area contributed by atoms with Crippen molar-refractivity contribution in [3.8, 4) is 11.8 Å². The zero-order chi connectivity index (χ0) is 9.73. The zero-order valence-corrected chi connectivity index (χ0v) is 7.62. The van der Waals surface area contributed by atoms with Crippen LogP contribution < -0.4 is 5.73 Å². The molecule has 0 aliphatic rings. The average molecular weight is 175 g/mol. The maximum absolute atomic E-state index is 9.49. The second kappa shape index (κ2) is 4.08. The fourth-order valence-corrected chi connectivity index (χ4v) is 0.779. The molecule has 0 saturated carbocycles. The Morgan fingerprint density at radius 1 is 1.38 bits per heavy atom. The fourth-order valence-electron chi connectivity index (χ4n) is 0.779. The molecule has 1 atom stereocenters. The Hall–Kier alpha value is -1.30. The molecule has 0 radical (unpaired) electrons. The minimum absolute atomic E-state index is 0.146. The van der Waals surface area contributed by atoms with Gasteiger partial charge in [-0.1, -0.05) is 30.0 Å². The van der Waals surface area contributed by atoms with Gasteiger partial charge in [-0.3, -0.25) is 0 Å². The zero-order valence-electron chi connectivity index (χ0n) is 7.62. The molecule has 0 fully saturated rings. The molecule has 3 N–H and O–H groups in total. The molecule has 0 amide bonds. The minimum Gasteiger partial charge on any atom is -0.377 e.